The summed E-state index contributed by atoms with van der Waals surface area (Å²) in [5, 5.41) is 2.60. The summed E-state index contributed by atoms with van der Waals surface area (Å²) in [6.45, 7) is 10.9. The fraction of sp³-hybridized carbons (Fsp3) is 0.545. The lowest BCUT2D eigenvalue weighted by Crippen LogP contribution is -2.68. The van der Waals surface area contributed by atoms with Crippen LogP contribution >= 0.6 is 0 Å². The fourth-order valence-corrected chi connectivity index (χ4v) is 6.66. The highest BCUT2D eigenvalue weighted by Crippen LogP contribution is 2.51. The van der Waals surface area contributed by atoms with Gasteiger partial charge in [0.25, 0.3) is 0 Å². The van der Waals surface area contributed by atoms with E-state index >= 15 is 0 Å². The van der Waals surface area contributed by atoms with Crippen molar-refractivity contribution in [3.63, 3.8) is 0 Å². The standard InChI is InChI=1S/C31H42N6O3.C2H6/c1-33-30(40)10-9-28(20-39)34(2)18-24-15-27(6-3-23(24)19-38)37-21-31(22-37)16-29(17-31)36-13-11-35(12-14-36)26-7-4-25(32)5-8-26;1-2/h3-8,15,19-20,28-29H,9-14,16-18,21-22,32H2,1-2H3,(H,33,40);1-2H3. The van der Waals surface area contributed by atoms with Gasteiger partial charge in [-0.15, -0.1) is 0 Å². The molecule has 228 valence electrons. The molecule has 3 N–H and O–H groups in total. The molecule has 3 fully saturated rings. The largest absolute Gasteiger partial charge is 0.399 e. The van der Waals surface area contributed by atoms with Gasteiger partial charge in [0.2, 0.25) is 5.91 Å². The number of amides is 1. The number of hydrogen-bond acceptors (Lipinski definition) is 8. The highest BCUT2D eigenvalue weighted by Gasteiger charge is 2.54. The predicted molar refractivity (Wildman–Crippen MR) is 170 cm³/mol. The van der Waals surface area contributed by atoms with Crippen LogP contribution in [-0.2, 0) is 16.1 Å². The van der Waals surface area contributed by atoms with Crippen LogP contribution < -0.4 is 20.9 Å². The van der Waals surface area contributed by atoms with Crippen LogP contribution in [0.2, 0.25) is 0 Å². The van der Waals surface area contributed by atoms with E-state index in [2.05, 4.69) is 38.2 Å². The lowest BCUT2D eigenvalue weighted by molar-refractivity contribution is -0.121. The molecule has 1 atom stereocenters. The molecule has 2 heterocycles. The minimum absolute atomic E-state index is 0.0822. The number of nitrogens with zero attached hydrogens (tertiary/aromatic N) is 4. The van der Waals surface area contributed by atoms with Crippen molar-refractivity contribution in [2.75, 3.05) is 68.9 Å². The van der Waals surface area contributed by atoms with E-state index < -0.39 is 0 Å². The van der Waals surface area contributed by atoms with E-state index in [-0.39, 0.29) is 11.9 Å². The number of nitrogen functional groups attached to an aromatic ring is 1. The predicted octanol–water partition coefficient (Wildman–Crippen LogP) is 3.42. The maximum absolute atomic E-state index is 11.8. The van der Waals surface area contributed by atoms with Gasteiger partial charge in [-0.05, 0) is 74.3 Å². The summed E-state index contributed by atoms with van der Waals surface area (Å²) in [6, 6.07) is 14.5. The third-order valence-corrected chi connectivity index (χ3v) is 9.19. The van der Waals surface area contributed by atoms with Crippen molar-refractivity contribution < 1.29 is 14.4 Å². The van der Waals surface area contributed by atoms with E-state index in [1.165, 1.54) is 18.5 Å². The van der Waals surface area contributed by atoms with Crippen LogP contribution in [0.15, 0.2) is 42.5 Å². The van der Waals surface area contributed by atoms with E-state index in [0.29, 0.717) is 36.4 Å². The third-order valence-electron chi connectivity index (χ3n) is 9.19. The molecule has 1 saturated carbocycles. The number of piperazine rings is 1. The summed E-state index contributed by atoms with van der Waals surface area (Å²) < 4.78 is 0. The van der Waals surface area contributed by atoms with Crippen LogP contribution in [0.5, 0.6) is 0 Å². The molecule has 9 heteroatoms. The number of aldehydes is 2. The molecule has 2 aliphatic heterocycles. The molecule has 0 aromatic heterocycles. The second-order valence-electron chi connectivity index (χ2n) is 11.9. The van der Waals surface area contributed by atoms with Crippen molar-refractivity contribution in [3.05, 3.63) is 53.6 Å². The van der Waals surface area contributed by atoms with E-state index in [1.54, 1.807) is 7.05 Å². The van der Waals surface area contributed by atoms with Crippen LogP contribution in [0.3, 0.4) is 0 Å². The molecule has 1 amide bonds. The van der Waals surface area contributed by atoms with Crippen LogP contribution in [-0.4, -0.2) is 93.7 Å². The molecule has 1 aliphatic carbocycles. The fourth-order valence-electron chi connectivity index (χ4n) is 6.66. The Balaban J connectivity index is 0.00000198. The van der Waals surface area contributed by atoms with E-state index in [1.807, 2.05) is 50.1 Å². The van der Waals surface area contributed by atoms with Crippen molar-refractivity contribution >= 4 is 35.5 Å². The molecule has 2 aromatic carbocycles. The van der Waals surface area contributed by atoms with E-state index in [0.717, 1.165) is 68.8 Å². The lowest BCUT2D eigenvalue weighted by Gasteiger charge is -2.62. The van der Waals surface area contributed by atoms with Gasteiger partial charge in [-0.2, -0.15) is 0 Å². The number of hydrogen-bond donors (Lipinski definition) is 2. The van der Waals surface area contributed by atoms with Gasteiger partial charge in [0.05, 0.1) is 6.04 Å². The number of rotatable bonds is 11. The minimum Gasteiger partial charge on any atom is -0.399 e. The van der Waals surface area contributed by atoms with Crippen molar-refractivity contribution in [2.45, 2.75) is 58.2 Å². The maximum atomic E-state index is 11.8. The number of carbonyl (C=O) groups is 3. The average Bonchev–Trinajstić information content (AvgIpc) is 2.98. The molecule has 2 aromatic rings. The second-order valence-corrected chi connectivity index (χ2v) is 11.9. The summed E-state index contributed by atoms with van der Waals surface area (Å²) in [7, 11) is 3.46. The van der Waals surface area contributed by atoms with Gasteiger partial charge in [-0.25, -0.2) is 0 Å². The molecule has 9 nitrogen and oxygen atoms in total. The summed E-state index contributed by atoms with van der Waals surface area (Å²) >= 11 is 0. The zero-order chi connectivity index (χ0) is 30.3. The number of carbonyl (C=O) groups excluding carboxylic acids is 3. The van der Waals surface area contributed by atoms with Gasteiger partial charge in [0.15, 0.2) is 0 Å². The minimum atomic E-state index is -0.381. The Labute approximate surface area is 251 Å². The second kappa shape index (κ2) is 14.2. The normalized spacial score (nSPS) is 18.9. The van der Waals surface area contributed by atoms with Crippen molar-refractivity contribution in [3.8, 4) is 0 Å². The van der Waals surface area contributed by atoms with Crippen LogP contribution in [0, 0.1) is 5.41 Å². The Morgan fingerprint density at radius 1 is 1.02 bits per heavy atom. The highest BCUT2D eigenvalue weighted by molar-refractivity contribution is 5.79. The smallest absolute Gasteiger partial charge is 0.219 e. The van der Waals surface area contributed by atoms with Gasteiger partial charge in [0, 0.05) is 93.4 Å². The van der Waals surface area contributed by atoms with Crippen molar-refractivity contribution in [2.24, 2.45) is 5.41 Å². The molecule has 2 saturated heterocycles. The summed E-state index contributed by atoms with van der Waals surface area (Å²) in [5.41, 5.74) is 11.0. The first-order valence-electron chi connectivity index (χ1n) is 15.4. The van der Waals surface area contributed by atoms with Gasteiger partial charge < -0.3 is 25.6 Å². The maximum Gasteiger partial charge on any atom is 0.219 e. The Hall–Kier alpha value is -3.43. The SMILES string of the molecule is CC.CNC(=O)CCC(C=O)N(C)Cc1cc(N2CC3(CC(N4CCN(c5ccc(N)cc5)CC4)C3)C2)ccc1C=O. The Morgan fingerprint density at radius 3 is 2.26 bits per heavy atom. The Kier molecular flexibility index (Phi) is 10.6. The monoisotopic (exact) mass is 576 g/mol. The quantitative estimate of drug-likeness (QED) is 0.310. The zero-order valence-electron chi connectivity index (χ0n) is 25.7. The van der Waals surface area contributed by atoms with Crippen LogP contribution in [0.25, 0.3) is 0 Å². The van der Waals surface area contributed by atoms with Gasteiger partial charge in [0.1, 0.15) is 12.6 Å². The van der Waals surface area contributed by atoms with Crippen molar-refractivity contribution in [1.29, 1.82) is 0 Å². The lowest BCUT2D eigenvalue weighted by atomic mass is 9.60. The third kappa shape index (κ3) is 7.13. The molecule has 0 bridgehead atoms. The molecular formula is C33H48N6O3. The topological polar surface area (TPSA) is 102 Å². The van der Waals surface area contributed by atoms with E-state index in [4.69, 9.17) is 5.73 Å². The van der Waals surface area contributed by atoms with E-state index in [9.17, 15) is 14.4 Å². The summed E-state index contributed by atoms with van der Waals surface area (Å²) in [4.78, 5) is 44.6. The molecule has 42 heavy (non-hydrogen) atoms. The highest BCUT2D eigenvalue weighted by atomic mass is 16.1. The number of nitrogens with two attached hydrogens (primary N) is 1. The molecule has 3 aliphatic rings. The first-order chi connectivity index (χ1) is 20.3. The number of anilines is 3. The van der Waals surface area contributed by atoms with Crippen LogP contribution in [0.4, 0.5) is 17.1 Å². The average molecular weight is 577 g/mol. The molecular weight excluding hydrogens is 528 g/mol. The Morgan fingerprint density at radius 2 is 1.67 bits per heavy atom. The number of likely N-dealkylation sites (N-methyl/N-ethyl adjacent to an activating group) is 1. The first kappa shape index (κ1) is 31.5. The Bertz CT molecular complexity index is 1200. The summed E-state index contributed by atoms with van der Waals surface area (Å²) in [6.07, 6.45) is 5.01. The van der Waals surface area contributed by atoms with Gasteiger partial charge in [-0.3, -0.25) is 19.4 Å². The number of benzene rings is 2. The van der Waals surface area contributed by atoms with Crippen LogP contribution in [0.1, 0.15) is 55.5 Å². The summed E-state index contributed by atoms with van der Waals surface area (Å²) in [5.74, 6) is -0.0822. The number of nitrogens with one attached hydrogen (secondary N) is 1. The zero-order valence-corrected chi connectivity index (χ0v) is 25.7. The first-order valence-corrected chi connectivity index (χ1v) is 15.4. The molecule has 1 spiro atoms. The molecule has 0 radical (unpaired) electrons. The van der Waals surface area contributed by atoms with Crippen molar-refractivity contribution in [1.82, 2.24) is 15.1 Å². The molecule has 1 unspecified atom stereocenters. The van der Waals surface area contributed by atoms with Gasteiger partial charge in [-0.1, -0.05) is 13.8 Å². The molecule has 5 rings (SSSR count). The van der Waals surface area contributed by atoms with Gasteiger partial charge >= 0.3 is 0 Å².